The summed E-state index contributed by atoms with van der Waals surface area (Å²) >= 11 is 9.52. The van der Waals surface area contributed by atoms with E-state index in [9.17, 15) is 18.0 Å². The lowest BCUT2D eigenvalue weighted by Crippen LogP contribution is -2.52. The minimum absolute atomic E-state index is 0.0790. The van der Waals surface area contributed by atoms with Crippen LogP contribution in [0.1, 0.15) is 49.7 Å². The van der Waals surface area contributed by atoms with Crippen molar-refractivity contribution in [3.05, 3.63) is 99.5 Å². The Balaban J connectivity index is 1.58. The number of benzene rings is 3. The average molecular weight is 675 g/mol. The summed E-state index contributed by atoms with van der Waals surface area (Å²) in [7, 11) is -3.59. The molecule has 0 unspecified atom stereocenters. The molecule has 3 aromatic rings. The van der Waals surface area contributed by atoms with Gasteiger partial charge in [0.2, 0.25) is 21.8 Å². The fourth-order valence-electron chi connectivity index (χ4n) is 5.36. The first-order valence-electron chi connectivity index (χ1n) is 14.2. The molecule has 0 aliphatic heterocycles. The molecular weight excluding hydrogens is 638 g/mol. The second-order valence-corrected chi connectivity index (χ2v) is 14.0. The third kappa shape index (κ3) is 9.31. The monoisotopic (exact) mass is 673 g/mol. The quantitative estimate of drug-likeness (QED) is 0.229. The van der Waals surface area contributed by atoms with Crippen LogP contribution in [-0.4, -0.2) is 50.0 Å². The topological polar surface area (TPSA) is 86.8 Å². The van der Waals surface area contributed by atoms with E-state index in [-0.39, 0.29) is 43.8 Å². The van der Waals surface area contributed by atoms with Gasteiger partial charge in [0.15, 0.2) is 0 Å². The van der Waals surface area contributed by atoms with Gasteiger partial charge in [0, 0.05) is 41.5 Å². The fourth-order valence-corrected chi connectivity index (χ4v) is 6.90. The van der Waals surface area contributed by atoms with E-state index in [1.165, 1.54) is 4.31 Å². The molecule has 0 heterocycles. The molecule has 42 heavy (non-hydrogen) atoms. The van der Waals surface area contributed by atoms with E-state index in [0.29, 0.717) is 17.1 Å². The highest BCUT2D eigenvalue weighted by molar-refractivity contribution is 9.10. The van der Waals surface area contributed by atoms with Crippen LogP contribution in [0.25, 0.3) is 0 Å². The number of hydrogen-bond acceptors (Lipinski definition) is 4. The van der Waals surface area contributed by atoms with Crippen molar-refractivity contribution in [3.63, 3.8) is 0 Å². The molecule has 0 bridgehead atoms. The van der Waals surface area contributed by atoms with Gasteiger partial charge in [-0.1, -0.05) is 82.8 Å². The zero-order valence-corrected chi connectivity index (χ0v) is 26.9. The maximum Gasteiger partial charge on any atom is 0.243 e. The molecule has 1 N–H and O–H groups in total. The molecule has 0 spiro atoms. The van der Waals surface area contributed by atoms with E-state index in [1.54, 1.807) is 29.2 Å². The van der Waals surface area contributed by atoms with Crippen LogP contribution in [0.3, 0.4) is 0 Å². The Labute approximate surface area is 262 Å². The van der Waals surface area contributed by atoms with Crippen LogP contribution in [0, 0.1) is 0 Å². The van der Waals surface area contributed by atoms with E-state index in [0.717, 1.165) is 47.5 Å². The van der Waals surface area contributed by atoms with E-state index in [2.05, 4.69) is 21.2 Å². The summed E-state index contributed by atoms with van der Waals surface area (Å²) in [6.07, 6.45) is 5.93. The molecule has 0 aromatic heterocycles. The maximum atomic E-state index is 14.0. The van der Waals surface area contributed by atoms with Gasteiger partial charge in [0.05, 0.1) is 11.9 Å². The molecule has 1 saturated carbocycles. The first-order chi connectivity index (χ1) is 20.1. The minimum atomic E-state index is -3.59. The lowest BCUT2D eigenvalue weighted by Gasteiger charge is -2.33. The Morgan fingerprint density at radius 1 is 0.976 bits per heavy atom. The number of halogens is 2. The summed E-state index contributed by atoms with van der Waals surface area (Å²) in [4.78, 5) is 29.4. The highest BCUT2D eigenvalue weighted by Crippen LogP contribution is 2.23. The molecule has 1 aliphatic carbocycles. The van der Waals surface area contributed by atoms with Gasteiger partial charge in [-0.25, -0.2) is 8.42 Å². The van der Waals surface area contributed by atoms with Crippen molar-refractivity contribution in [1.29, 1.82) is 0 Å². The van der Waals surface area contributed by atoms with Gasteiger partial charge in [-0.2, -0.15) is 0 Å². The van der Waals surface area contributed by atoms with E-state index in [4.69, 9.17) is 11.6 Å². The SMILES string of the molecule is CS(=O)(=O)N(CCCC(=O)N(Cc1cccc(Br)c1)[C@@H](Cc1ccccc1)C(=O)NC1CCCC1)c1ccc(Cl)cc1. The molecule has 4 rings (SSSR count). The number of amides is 2. The number of anilines is 1. The number of rotatable bonds is 13. The van der Waals surface area contributed by atoms with E-state index < -0.39 is 16.1 Å². The highest BCUT2D eigenvalue weighted by Gasteiger charge is 2.32. The first-order valence-corrected chi connectivity index (χ1v) is 17.2. The van der Waals surface area contributed by atoms with Gasteiger partial charge in [0.1, 0.15) is 6.04 Å². The predicted molar refractivity (Wildman–Crippen MR) is 172 cm³/mol. The van der Waals surface area contributed by atoms with Crippen molar-refractivity contribution in [2.45, 2.75) is 63.6 Å². The van der Waals surface area contributed by atoms with E-state index in [1.807, 2.05) is 54.6 Å². The zero-order valence-electron chi connectivity index (χ0n) is 23.7. The third-order valence-electron chi connectivity index (χ3n) is 7.48. The second-order valence-electron chi connectivity index (χ2n) is 10.8. The lowest BCUT2D eigenvalue weighted by atomic mass is 10.0. The standard InChI is InChI=1S/C32H37BrClN3O4S/c1-42(40,41)37(29-18-16-27(34)17-19-29)20-8-15-31(38)36(23-25-11-7-12-26(33)21-25)30(22-24-9-3-2-4-10-24)32(39)35-28-13-5-6-14-28/h2-4,7,9-12,16-19,21,28,30H,5-6,8,13-15,20,22-23H2,1H3,(H,35,39)/t30-/m0/s1. The van der Waals surface area contributed by atoms with Gasteiger partial charge in [0.25, 0.3) is 0 Å². The smallest absolute Gasteiger partial charge is 0.243 e. The number of hydrogen-bond donors (Lipinski definition) is 1. The van der Waals surface area contributed by atoms with Crippen LogP contribution < -0.4 is 9.62 Å². The van der Waals surface area contributed by atoms with E-state index >= 15 is 0 Å². The maximum absolute atomic E-state index is 14.0. The third-order valence-corrected chi connectivity index (χ3v) is 9.42. The van der Waals surface area contributed by atoms with Crippen molar-refractivity contribution < 1.29 is 18.0 Å². The number of sulfonamides is 1. The zero-order chi connectivity index (χ0) is 30.1. The molecule has 1 fully saturated rings. The predicted octanol–water partition coefficient (Wildman–Crippen LogP) is 6.35. The Bertz CT molecular complexity index is 1450. The molecule has 10 heteroatoms. The highest BCUT2D eigenvalue weighted by atomic mass is 79.9. The normalized spacial score (nSPS) is 14.4. The number of carbonyl (C=O) groups excluding carboxylic acids is 2. The summed E-state index contributed by atoms with van der Waals surface area (Å²) < 4.78 is 27.4. The van der Waals surface area contributed by atoms with Crippen LogP contribution in [0.2, 0.25) is 5.02 Å². The Morgan fingerprint density at radius 2 is 1.64 bits per heavy atom. The molecule has 0 saturated heterocycles. The number of carbonyl (C=O) groups is 2. The molecule has 0 radical (unpaired) electrons. The molecule has 7 nitrogen and oxygen atoms in total. The molecule has 2 amide bonds. The van der Waals surface area contributed by atoms with Crippen LogP contribution in [-0.2, 0) is 32.6 Å². The second kappa shape index (κ2) is 15.0. The van der Waals surface area contributed by atoms with Gasteiger partial charge in [-0.3, -0.25) is 13.9 Å². The Hall–Kier alpha value is -2.88. The summed E-state index contributed by atoms with van der Waals surface area (Å²) in [5, 5.41) is 3.72. The average Bonchev–Trinajstić information content (AvgIpc) is 3.46. The van der Waals surface area contributed by atoms with Gasteiger partial charge < -0.3 is 10.2 Å². The van der Waals surface area contributed by atoms with Gasteiger partial charge >= 0.3 is 0 Å². The molecule has 1 aliphatic rings. The lowest BCUT2D eigenvalue weighted by molar-refractivity contribution is -0.141. The molecule has 3 aromatic carbocycles. The van der Waals surface area contributed by atoms with Gasteiger partial charge in [-0.15, -0.1) is 0 Å². The molecule has 224 valence electrons. The van der Waals surface area contributed by atoms with Crippen molar-refractivity contribution in [2.24, 2.45) is 0 Å². The van der Waals surface area contributed by atoms with Crippen molar-refractivity contribution in [2.75, 3.05) is 17.1 Å². The van der Waals surface area contributed by atoms with Gasteiger partial charge in [-0.05, 0) is 66.8 Å². The summed E-state index contributed by atoms with van der Waals surface area (Å²) in [6, 6.07) is 23.4. The molecular formula is C32H37BrClN3O4S. The van der Waals surface area contributed by atoms with Crippen molar-refractivity contribution >= 4 is 55.1 Å². The molecule has 1 atom stereocenters. The number of nitrogens with zero attached hydrogens (tertiary/aromatic N) is 2. The van der Waals surface area contributed by atoms with Crippen LogP contribution in [0.4, 0.5) is 5.69 Å². The van der Waals surface area contributed by atoms with Crippen molar-refractivity contribution in [3.8, 4) is 0 Å². The van der Waals surface area contributed by atoms with Crippen LogP contribution >= 0.6 is 27.5 Å². The Morgan fingerprint density at radius 3 is 2.29 bits per heavy atom. The summed E-state index contributed by atoms with van der Waals surface area (Å²) in [5.74, 6) is -0.366. The first kappa shape index (κ1) is 32.0. The van der Waals surface area contributed by atoms with Crippen LogP contribution in [0.15, 0.2) is 83.3 Å². The Kier molecular flexibility index (Phi) is 11.5. The fraction of sp³-hybridized carbons (Fsp3) is 0.375. The van der Waals surface area contributed by atoms with Crippen LogP contribution in [0.5, 0.6) is 0 Å². The largest absolute Gasteiger partial charge is 0.352 e. The summed E-state index contributed by atoms with van der Waals surface area (Å²) in [5.41, 5.74) is 2.34. The minimum Gasteiger partial charge on any atom is -0.352 e. The number of nitrogens with one attached hydrogen (secondary N) is 1. The summed E-state index contributed by atoms with van der Waals surface area (Å²) in [6.45, 7) is 0.370. The van der Waals surface area contributed by atoms with Crippen molar-refractivity contribution in [1.82, 2.24) is 10.2 Å².